The molecule has 0 saturated carbocycles. The van der Waals surface area contributed by atoms with E-state index >= 15 is 0 Å². The quantitative estimate of drug-likeness (QED) is 0.852. The summed E-state index contributed by atoms with van der Waals surface area (Å²) in [4.78, 5) is 0. The molecule has 2 aromatic carbocycles. The Morgan fingerprint density at radius 3 is 2.65 bits per heavy atom. The summed E-state index contributed by atoms with van der Waals surface area (Å²) in [5, 5.41) is 0. The predicted octanol–water partition coefficient (Wildman–Crippen LogP) is 3.61. The molecule has 0 saturated heterocycles. The van der Waals surface area contributed by atoms with Gasteiger partial charge in [-0.05, 0) is 30.2 Å². The molecule has 0 amide bonds. The van der Waals surface area contributed by atoms with E-state index in [0.29, 0.717) is 0 Å². The fourth-order valence-electron chi connectivity index (χ4n) is 2.77. The van der Waals surface area contributed by atoms with Gasteiger partial charge in [0.1, 0.15) is 5.75 Å². The van der Waals surface area contributed by atoms with Crippen molar-refractivity contribution in [3.05, 3.63) is 41.5 Å². The van der Waals surface area contributed by atoms with Crippen LogP contribution in [0.2, 0.25) is 0 Å². The third-order valence-electron chi connectivity index (χ3n) is 3.62. The molecule has 0 aromatic heterocycles. The summed E-state index contributed by atoms with van der Waals surface area (Å²) in [5.74, 6) is 2.46. The number of aryl methyl sites for hydroxylation is 1. The Hall–Kier alpha value is -2.16. The largest absolute Gasteiger partial charge is 0.493 e. The van der Waals surface area contributed by atoms with Gasteiger partial charge in [0.05, 0.1) is 20.8 Å². The molecule has 0 unspecified atom stereocenters. The molecule has 3 nitrogen and oxygen atoms in total. The van der Waals surface area contributed by atoms with Gasteiger partial charge in [0, 0.05) is 17.5 Å². The van der Waals surface area contributed by atoms with Gasteiger partial charge in [0.25, 0.3) is 0 Å². The average Bonchev–Trinajstić information content (AvgIpc) is 2.93. The van der Waals surface area contributed by atoms with E-state index in [0.717, 1.165) is 41.4 Å². The average molecular weight is 270 g/mol. The van der Waals surface area contributed by atoms with Crippen molar-refractivity contribution in [1.82, 2.24) is 0 Å². The first-order valence-corrected chi connectivity index (χ1v) is 6.72. The minimum atomic E-state index is 0.734. The zero-order valence-corrected chi connectivity index (χ0v) is 12.0. The minimum absolute atomic E-state index is 0.734. The van der Waals surface area contributed by atoms with Gasteiger partial charge in [-0.3, -0.25) is 0 Å². The Balaban J connectivity index is 2.24. The molecular formula is C17H18O3. The number of hydrogen-bond donors (Lipinski definition) is 0. The van der Waals surface area contributed by atoms with Crippen molar-refractivity contribution < 1.29 is 14.2 Å². The van der Waals surface area contributed by atoms with Crippen LogP contribution in [0, 0.1) is 6.92 Å². The molecule has 2 aromatic rings. The number of methoxy groups -OCH3 is 2. The highest BCUT2D eigenvalue weighted by Gasteiger charge is 2.21. The molecule has 0 radical (unpaired) electrons. The molecule has 0 spiro atoms. The van der Waals surface area contributed by atoms with Crippen molar-refractivity contribution >= 4 is 0 Å². The second-order valence-electron chi connectivity index (χ2n) is 4.94. The normalized spacial score (nSPS) is 12.8. The van der Waals surface area contributed by atoms with Crippen LogP contribution in [0.25, 0.3) is 11.1 Å². The zero-order valence-electron chi connectivity index (χ0n) is 12.0. The number of fused-ring (bicyclic) bond motifs is 1. The van der Waals surface area contributed by atoms with E-state index in [4.69, 9.17) is 14.2 Å². The van der Waals surface area contributed by atoms with E-state index in [-0.39, 0.29) is 0 Å². The smallest absolute Gasteiger partial charge is 0.168 e. The fraction of sp³-hybridized carbons (Fsp3) is 0.294. The fourth-order valence-corrected chi connectivity index (χ4v) is 2.77. The monoisotopic (exact) mass is 270 g/mol. The van der Waals surface area contributed by atoms with Crippen molar-refractivity contribution in [2.24, 2.45) is 0 Å². The molecule has 3 heteroatoms. The second kappa shape index (κ2) is 5.08. The molecule has 0 bridgehead atoms. The van der Waals surface area contributed by atoms with Crippen LogP contribution in [0.4, 0.5) is 0 Å². The Morgan fingerprint density at radius 1 is 1.05 bits per heavy atom. The van der Waals surface area contributed by atoms with Crippen molar-refractivity contribution in [2.45, 2.75) is 13.3 Å². The van der Waals surface area contributed by atoms with Crippen LogP contribution in [-0.4, -0.2) is 20.8 Å². The van der Waals surface area contributed by atoms with Gasteiger partial charge in [-0.1, -0.05) is 18.2 Å². The Morgan fingerprint density at radius 2 is 1.90 bits per heavy atom. The van der Waals surface area contributed by atoms with E-state index in [9.17, 15) is 0 Å². The summed E-state index contributed by atoms with van der Waals surface area (Å²) in [6, 6.07) is 10.2. The van der Waals surface area contributed by atoms with Crippen LogP contribution in [0.5, 0.6) is 17.2 Å². The van der Waals surface area contributed by atoms with Gasteiger partial charge in [0.15, 0.2) is 11.5 Å². The van der Waals surface area contributed by atoms with Crippen molar-refractivity contribution in [3.8, 4) is 28.4 Å². The standard InChI is InChI=1S/C17H18O3/c1-11-9-12-7-8-20-16(12)14(10-11)13-5-4-6-15(18-2)17(13)19-3/h4-6,9-10H,7-8H2,1-3H3. The van der Waals surface area contributed by atoms with Gasteiger partial charge in [-0.2, -0.15) is 0 Å². The van der Waals surface area contributed by atoms with Crippen LogP contribution in [0.15, 0.2) is 30.3 Å². The highest BCUT2D eigenvalue weighted by atomic mass is 16.5. The first-order valence-electron chi connectivity index (χ1n) is 6.72. The van der Waals surface area contributed by atoms with E-state index in [1.165, 1.54) is 11.1 Å². The summed E-state index contributed by atoms with van der Waals surface area (Å²) >= 11 is 0. The second-order valence-corrected chi connectivity index (χ2v) is 4.94. The van der Waals surface area contributed by atoms with E-state index < -0.39 is 0 Å². The number of hydrogen-bond acceptors (Lipinski definition) is 3. The number of ether oxygens (including phenoxy) is 3. The van der Waals surface area contributed by atoms with Crippen molar-refractivity contribution in [2.75, 3.05) is 20.8 Å². The summed E-state index contributed by atoms with van der Waals surface area (Å²) in [6.07, 6.45) is 0.969. The van der Waals surface area contributed by atoms with E-state index in [1.54, 1.807) is 14.2 Å². The first-order chi connectivity index (χ1) is 9.74. The van der Waals surface area contributed by atoms with Crippen LogP contribution in [0.3, 0.4) is 0 Å². The highest BCUT2D eigenvalue weighted by molar-refractivity contribution is 5.80. The molecule has 1 aliphatic rings. The summed E-state index contributed by atoms with van der Waals surface area (Å²) in [6.45, 7) is 2.85. The molecule has 1 heterocycles. The maximum absolute atomic E-state index is 5.82. The minimum Gasteiger partial charge on any atom is -0.493 e. The lowest BCUT2D eigenvalue weighted by Crippen LogP contribution is -1.95. The molecular weight excluding hydrogens is 252 g/mol. The lowest BCUT2D eigenvalue weighted by Gasteiger charge is -2.15. The third-order valence-corrected chi connectivity index (χ3v) is 3.62. The SMILES string of the molecule is COc1cccc(-c2cc(C)cc3c2OCC3)c1OC. The van der Waals surface area contributed by atoms with Crippen molar-refractivity contribution in [3.63, 3.8) is 0 Å². The maximum Gasteiger partial charge on any atom is 0.168 e. The Kier molecular flexibility index (Phi) is 3.26. The molecule has 0 N–H and O–H groups in total. The zero-order chi connectivity index (χ0) is 14.1. The molecule has 3 rings (SSSR count). The van der Waals surface area contributed by atoms with Gasteiger partial charge in [0.2, 0.25) is 0 Å². The molecule has 0 aliphatic carbocycles. The van der Waals surface area contributed by atoms with E-state index in [1.807, 2.05) is 18.2 Å². The number of para-hydroxylation sites is 1. The lowest BCUT2D eigenvalue weighted by atomic mass is 9.97. The number of rotatable bonds is 3. The Bertz CT molecular complexity index is 647. The highest BCUT2D eigenvalue weighted by Crippen LogP contribution is 2.44. The maximum atomic E-state index is 5.82. The van der Waals surface area contributed by atoms with Gasteiger partial charge in [-0.15, -0.1) is 0 Å². The number of benzene rings is 2. The van der Waals surface area contributed by atoms with Crippen LogP contribution < -0.4 is 14.2 Å². The Labute approximate surface area is 119 Å². The van der Waals surface area contributed by atoms with Gasteiger partial charge < -0.3 is 14.2 Å². The van der Waals surface area contributed by atoms with E-state index in [2.05, 4.69) is 19.1 Å². The summed E-state index contributed by atoms with van der Waals surface area (Å²) in [5.41, 5.74) is 4.58. The summed E-state index contributed by atoms with van der Waals surface area (Å²) < 4.78 is 16.7. The topological polar surface area (TPSA) is 27.7 Å². The molecule has 104 valence electrons. The molecule has 0 atom stereocenters. The van der Waals surface area contributed by atoms with Gasteiger partial charge in [-0.25, -0.2) is 0 Å². The first kappa shape index (κ1) is 12.9. The molecule has 0 fully saturated rings. The van der Waals surface area contributed by atoms with Gasteiger partial charge >= 0.3 is 0 Å². The molecule has 20 heavy (non-hydrogen) atoms. The predicted molar refractivity (Wildman–Crippen MR) is 78.9 cm³/mol. The third kappa shape index (κ3) is 1.99. The van der Waals surface area contributed by atoms with Crippen molar-refractivity contribution in [1.29, 1.82) is 0 Å². The van der Waals surface area contributed by atoms with Crippen LogP contribution >= 0.6 is 0 Å². The molecule has 1 aliphatic heterocycles. The summed E-state index contributed by atoms with van der Waals surface area (Å²) in [7, 11) is 3.32. The van der Waals surface area contributed by atoms with Crippen LogP contribution in [0.1, 0.15) is 11.1 Å². The lowest BCUT2D eigenvalue weighted by molar-refractivity contribution is 0.352. The van der Waals surface area contributed by atoms with Crippen LogP contribution in [-0.2, 0) is 6.42 Å².